The van der Waals surface area contributed by atoms with Gasteiger partial charge in [0.15, 0.2) is 17.5 Å². The van der Waals surface area contributed by atoms with Gasteiger partial charge in [0, 0.05) is 30.8 Å². The zero-order chi connectivity index (χ0) is 24.1. The minimum atomic E-state index is -1.49. The lowest BCUT2D eigenvalue weighted by Gasteiger charge is -2.41. The molecule has 0 saturated heterocycles. The molecule has 1 aromatic carbocycles. The van der Waals surface area contributed by atoms with Crippen LogP contribution in [0.5, 0.6) is 0 Å². The normalized spacial score (nSPS) is 19.8. The van der Waals surface area contributed by atoms with Gasteiger partial charge in [-0.3, -0.25) is 14.2 Å². The van der Waals surface area contributed by atoms with E-state index in [1.165, 1.54) is 0 Å². The first kappa shape index (κ1) is 22.7. The third-order valence-electron chi connectivity index (χ3n) is 7.22. The number of benzene rings is 1. The zero-order valence-corrected chi connectivity index (χ0v) is 19.6. The number of fused-ring (bicyclic) bond motifs is 2. The van der Waals surface area contributed by atoms with Gasteiger partial charge < -0.3 is 4.90 Å². The standard InChI is InChI=1S/C25H28F3N5O/c1-4-15-12-16-23(30-31(3)24(16)14-10-18(26)22(28)19(27)11-14)20(5-2)33(15)25(34)17-13-29-32-9-7-6-8-21(17)32/h10-11,13,15,20H,4-9,12H2,1-3H3. The third kappa shape index (κ3) is 3.44. The van der Waals surface area contributed by atoms with Crippen molar-refractivity contribution < 1.29 is 18.0 Å². The Kier molecular flexibility index (Phi) is 5.73. The summed E-state index contributed by atoms with van der Waals surface area (Å²) in [6.07, 6.45) is 6.48. The second kappa shape index (κ2) is 8.60. The molecule has 6 nitrogen and oxygen atoms in total. The lowest BCUT2D eigenvalue weighted by atomic mass is 9.87. The van der Waals surface area contributed by atoms with Gasteiger partial charge in [0.1, 0.15) is 0 Å². The average molecular weight is 472 g/mol. The summed E-state index contributed by atoms with van der Waals surface area (Å²) in [6, 6.07) is 1.63. The summed E-state index contributed by atoms with van der Waals surface area (Å²) in [7, 11) is 1.71. The Morgan fingerprint density at radius 1 is 1.12 bits per heavy atom. The van der Waals surface area contributed by atoms with Gasteiger partial charge in [-0.05, 0) is 50.7 Å². The maximum Gasteiger partial charge on any atom is 0.258 e. The van der Waals surface area contributed by atoms with Gasteiger partial charge in [-0.1, -0.05) is 13.8 Å². The van der Waals surface area contributed by atoms with Crippen molar-refractivity contribution in [3.05, 3.63) is 58.3 Å². The molecule has 2 aromatic heterocycles. The number of hydrogen-bond acceptors (Lipinski definition) is 3. The molecule has 5 rings (SSSR count). The van der Waals surface area contributed by atoms with Crippen molar-refractivity contribution in [3.63, 3.8) is 0 Å². The van der Waals surface area contributed by atoms with Gasteiger partial charge in [-0.2, -0.15) is 10.2 Å². The summed E-state index contributed by atoms with van der Waals surface area (Å²) < 4.78 is 45.2. The number of hydrogen-bond donors (Lipinski definition) is 0. The highest BCUT2D eigenvalue weighted by Crippen LogP contribution is 2.41. The zero-order valence-electron chi connectivity index (χ0n) is 19.6. The van der Waals surface area contributed by atoms with E-state index >= 15 is 0 Å². The minimum Gasteiger partial charge on any atom is -0.327 e. The number of rotatable bonds is 4. The highest BCUT2D eigenvalue weighted by atomic mass is 19.2. The molecule has 4 heterocycles. The van der Waals surface area contributed by atoms with E-state index in [0.717, 1.165) is 54.9 Å². The van der Waals surface area contributed by atoms with E-state index < -0.39 is 17.5 Å². The summed E-state index contributed by atoms with van der Waals surface area (Å²) in [5.41, 5.74) is 4.02. The Labute approximate surface area is 196 Å². The molecule has 0 bridgehead atoms. The molecule has 2 aliphatic rings. The van der Waals surface area contributed by atoms with Crippen LogP contribution in [0, 0.1) is 17.5 Å². The molecule has 3 aromatic rings. The fourth-order valence-corrected chi connectivity index (χ4v) is 5.61. The van der Waals surface area contributed by atoms with E-state index in [1.54, 1.807) is 17.9 Å². The number of aryl methyl sites for hydroxylation is 2. The van der Waals surface area contributed by atoms with E-state index in [1.807, 2.05) is 23.4 Å². The predicted molar refractivity (Wildman–Crippen MR) is 121 cm³/mol. The molecule has 2 unspecified atom stereocenters. The second-order valence-corrected chi connectivity index (χ2v) is 9.18. The maximum atomic E-state index is 14.0. The first-order valence-electron chi connectivity index (χ1n) is 11.9. The van der Waals surface area contributed by atoms with E-state index in [4.69, 9.17) is 5.10 Å². The largest absolute Gasteiger partial charge is 0.327 e. The number of halogens is 3. The van der Waals surface area contributed by atoms with Gasteiger partial charge in [0.05, 0.1) is 34.9 Å². The van der Waals surface area contributed by atoms with Crippen LogP contribution in [0.15, 0.2) is 18.3 Å². The Morgan fingerprint density at radius 2 is 1.85 bits per heavy atom. The topological polar surface area (TPSA) is 56.0 Å². The Bertz CT molecular complexity index is 1240. The van der Waals surface area contributed by atoms with Gasteiger partial charge in [-0.25, -0.2) is 13.2 Å². The van der Waals surface area contributed by atoms with Crippen molar-refractivity contribution in [2.75, 3.05) is 0 Å². The lowest BCUT2D eigenvalue weighted by Crippen LogP contribution is -2.47. The molecule has 0 N–H and O–H groups in total. The molecule has 9 heteroatoms. The van der Waals surface area contributed by atoms with Crippen LogP contribution in [0.3, 0.4) is 0 Å². The molecule has 0 aliphatic carbocycles. The molecule has 0 spiro atoms. The molecular formula is C25H28F3N5O. The summed E-state index contributed by atoms with van der Waals surface area (Å²) >= 11 is 0. The Morgan fingerprint density at radius 3 is 2.53 bits per heavy atom. The molecule has 2 aliphatic heterocycles. The monoisotopic (exact) mass is 471 g/mol. The molecule has 0 fully saturated rings. The lowest BCUT2D eigenvalue weighted by molar-refractivity contribution is 0.0511. The fourth-order valence-electron chi connectivity index (χ4n) is 5.61. The molecule has 34 heavy (non-hydrogen) atoms. The highest BCUT2D eigenvalue weighted by molar-refractivity contribution is 5.96. The third-order valence-corrected chi connectivity index (χ3v) is 7.22. The summed E-state index contributed by atoms with van der Waals surface area (Å²) in [4.78, 5) is 15.8. The van der Waals surface area contributed by atoms with E-state index in [0.29, 0.717) is 30.5 Å². The first-order valence-corrected chi connectivity index (χ1v) is 11.9. The van der Waals surface area contributed by atoms with Gasteiger partial charge in [0.25, 0.3) is 5.91 Å². The van der Waals surface area contributed by atoms with Crippen LogP contribution >= 0.6 is 0 Å². The van der Waals surface area contributed by atoms with Crippen molar-refractivity contribution in [1.82, 2.24) is 24.5 Å². The summed E-state index contributed by atoms with van der Waals surface area (Å²) in [5, 5.41) is 9.14. The second-order valence-electron chi connectivity index (χ2n) is 9.18. The SMILES string of the molecule is CCC1Cc2c(nn(C)c2-c2cc(F)c(F)c(F)c2)C(CC)N1C(=O)c1cnn2c1CCCC2. The van der Waals surface area contributed by atoms with Crippen LogP contribution in [0.4, 0.5) is 13.2 Å². The molecular weight excluding hydrogens is 443 g/mol. The van der Waals surface area contributed by atoms with E-state index in [2.05, 4.69) is 5.10 Å². The molecule has 2 atom stereocenters. The van der Waals surface area contributed by atoms with Crippen LogP contribution in [-0.4, -0.2) is 36.4 Å². The quantitative estimate of drug-likeness (QED) is 0.505. The Hall–Kier alpha value is -3.10. The number of carbonyl (C=O) groups is 1. The Balaban J connectivity index is 1.60. The van der Waals surface area contributed by atoms with Gasteiger partial charge in [-0.15, -0.1) is 0 Å². The van der Waals surface area contributed by atoms with Crippen molar-refractivity contribution >= 4 is 5.91 Å². The van der Waals surface area contributed by atoms with E-state index in [9.17, 15) is 18.0 Å². The number of carbonyl (C=O) groups excluding carboxylic acids is 1. The molecule has 180 valence electrons. The van der Waals surface area contributed by atoms with Gasteiger partial charge in [0.2, 0.25) is 0 Å². The van der Waals surface area contributed by atoms with Gasteiger partial charge >= 0.3 is 0 Å². The fraction of sp³-hybridized carbons (Fsp3) is 0.480. The number of amides is 1. The van der Waals surface area contributed by atoms with Crippen LogP contribution in [-0.2, 0) is 26.4 Å². The van der Waals surface area contributed by atoms with E-state index in [-0.39, 0.29) is 23.6 Å². The first-order chi connectivity index (χ1) is 16.3. The number of aromatic nitrogens is 4. The van der Waals surface area contributed by atoms with Crippen LogP contribution in [0.25, 0.3) is 11.3 Å². The number of nitrogens with zero attached hydrogens (tertiary/aromatic N) is 5. The molecule has 0 radical (unpaired) electrons. The van der Waals surface area contributed by atoms with Crippen molar-refractivity contribution in [1.29, 1.82) is 0 Å². The summed E-state index contributed by atoms with van der Waals surface area (Å²) in [6.45, 7) is 4.87. The smallest absolute Gasteiger partial charge is 0.258 e. The summed E-state index contributed by atoms with van der Waals surface area (Å²) in [5.74, 6) is -4.00. The van der Waals surface area contributed by atoms with Crippen LogP contribution < -0.4 is 0 Å². The highest BCUT2D eigenvalue weighted by Gasteiger charge is 2.41. The molecule has 0 saturated carbocycles. The van der Waals surface area contributed by atoms with Crippen molar-refractivity contribution in [2.24, 2.45) is 7.05 Å². The predicted octanol–water partition coefficient (Wildman–Crippen LogP) is 4.97. The van der Waals surface area contributed by atoms with Crippen molar-refractivity contribution in [3.8, 4) is 11.3 Å². The minimum absolute atomic E-state index is 0.0430. The maximum absolute atomic E-state index is 14.0. The van der Waals surface area contributed by atoms with Crippen LogP contribution in [0.2, 0.25) is 0 Å². The molecule has 1 amide bonds. The van der Waals surface area contributed by atoms with Crippen LogP contribution in [0.1, 0.15) is 72.9 Å². The average Bonchev–Trinajstić information content (AvgIpc) is 3.40. The van der Waals surface area contributed by atoms with Crippen molar-refractivity contribution in [2.45, 2.75) is 71.0 Å².